The van der Waals surface area contributed by atoms with Crippen molar-refractivity contribution in [3.8, 4) is 18.0 Å². The second-order valence-corrected chi connectivity index (χ2v) is 8.67. The summed E-state index contributed by atoms with van der Waals surface area (Å²) in [5.41, 5.74) is 0.886. The highest BCUT2D eigenvalue weighted by atomic mass is 19.1. The van der Waals surface area contributed by atoms with Gasteiger partial charge in [0, 0.05) is 35.7 Å². The first-order valence-electron chi connectivity index (χ1n) is 11.0. The number of amides is 1. The van der Waals surface area contributed by atoms with E-state index < -0.39 is 17.7 Å². The minimum Gasteiger partial charge on any atom is -0.387 e. The van der Waals surface area contributed by atoms with Crippen LogP contribution in [0.15, 0.2) is 61.1 Å². The molecule has 4 aromatic rings. The Labute approximate surface area is 206 Å². The maximum Gasteiger partial charge on any atom is 0.255 e. The highest BCUT2D eigenvalue weighted by molar-refractivity contribution is 6.00. The third-order valence-corrected chi connectivity index (χ3v) is 5.52. The number of fused-ring (bicyclic) bond motifs is 1. The summed E-state index contributed by atoms with van der Waals surface area (Å²) in [5, 5.41) is 34.6. The summed E-state index contributed by atoms with van der Waals surface area (Å²) < 4.78 is 15.9. The van der Waals surface area contributed by atoms with Crippen LogP contribution < -0.4 is 10.6 Å². The summed E-state index contributed by atoms with van der Waals surface area (Å²) in [4.78, 5) is 21.7. The van der Waals surface area contributed by atoms with E-state index in [0.29, 0.717) is 34.0 Å². The Bertz CT molecular complexity index is 1530. The van der Waals surface area contributed by atoms with Gasteiger partial charge in [0.2, 0.25) is 0 Å². The van der Waals surface area contributed by atoms with Gasteiger partial charge in [0.15, 0.2) is 0 Å². The summed E-state index contributed by atoms with van der Waals surface area (Å²) in [7, 11) is 0. The van der Waals surface area contributed by atoms with E-state index in [4.69, 9.17) is 5.26 Å². The van der Waals surface area contributed by atoms with Gasteiger partial charge in [0.1, 0.15) is 23.7 Å². The molecule has 9 nitrogen and oxygen atoms in total. The number of alkyl halides is 1. The first-order valence-corrected chi connectivity index (χ1v) is 11.0. The summed E-state index contributed by atoms with van der Waals surface area (Å²) in [6, 6.07) is 16.0. The molecule has 4 rings (SSSR count). The van der Waals surface area contributed by atoms with E-state index in [1.165, 1.54) is 26.2 Å². The van der Waals surface area contributed by atoms with Gasteiger partial charge in [-0.15, -0.1) is 0 Å². The summed E-state index contributed by atoms with van der Waals surface area (Å²) >= 11 is 0. The quantitative estimate of drug-likeness (QED) is 0.364. The van der Waals surface area contributed by atoms with Crippen LogP contribution in [-0.4, -0.2) is 43.9 Å². The predicted octanol–water partition coefficient (Wildman–Crippen LogP) is 3.75. The summed E-state index contributed by atoms with van der Waals surface area (Å²) in [5.74, 6) is -0.147. The van der Waals surface area contributed by atoms with Gasteiger partial charge in [-0.3, -0.25) is 9.36 Å². The highest BCUT2D eigenvalue weighted by Gasteiger charge is 2.27. The first kappa shape index (κ1) is 24.3. The number of nitriles is 2. The minimum atomic E-state index is -1.67. The number of carbonyl (C=O) groups excluding carboxylic acids is 1. The van der Waals surface area contributed by atoms with Crippen molar-refractivity contribution in [1.29, 1.82) is 10.5 Å². The van der Waals surface area contributed by atoms with E-state index >= 15 is 0 Å². The fraction of sp³-hybridized carbons (Fsp3) is 0.192. The fourth-order valence-electron chi connectivity index (χ4n) is 3.48. The molecule has 0 aliphatic rings. The Morgan fingerprint density at radius 2 is 1.92 bits per heavy atom. The third kappa shape index (κ3) is 5.14. The van der Waals surface area contributed by atoms with Crippen LogP contribution in [0.1, 0.15) is 35.3 Å². The molecule has 1 aromatic carbocycles. The van der Waals surface area contributed by atoms with Crippen LogP contribution >= 0.6 is 0 Å². The molecular weight excluding hydrogens is 461 g/mol. The van der Waals surface area contributed by atoms with Crippen molar-refractivity contribution < 1.29 is 14.3 Å². The molecule has 180 valence electrons. The van der Waals surface area contributed by atoms with Crippen LogP contribution in [0.5, 0.6) is 0 Å². The largest absolute Gasteiger partial charge is 0.387 e. The zero-order chi connectivity index (χ0) is 25.9. The predicted molar refractivity (Wildman–Crippen MR) is 132 cm³/mol. The van der Waals surface area contributed by atoms with Gasteiger partial charge < -0.3 is 15.7 Å². The van der Waals surface area contributed by atoms with Gasteiger partial charge in [0.05, 0.1) is 40.6 Å². The number of hydrogen-bond acceptors (Lipinski definition) is 7. The first-order chi connectivity index (χ1) is 17.2. The van der Waals surface area contributed by atoms with Crippen molar-refractivity contribution in [3.05, 3.63) is 77.7 Å². The maximum absolute atomic E-state index is 14.2. The SMILES string of the molecule is CC(C)(O)[C@H](F)CNC(=O)c1cnc(-n2ccc3cc(C#N)cnc32)cc1Nc1cccc(C#N)c1. The van der Waals surface area contributed by atoms with Crippen LogP contribution in [0.25, 0.3) is 16.9 Å². The van der Waals surface area contributed by atoms with Crippen LogP contribution in [0.3, 0.4) is 0 Å². The molecule has 0 bridgehead atoms. The third-order valence-electron chi connectivity index (χ3n) is 5.52. The molecule has 0 fully saturated rings. The Kier molecular flexibility index (Phi) is 6.64. The van der Waals surface area contributed by atoms with Gasteiger partial charge >= 0.3 is 0 Å². The van der Waals surface area contributed by atoms with E-state index in [1.54, 1.807) is 53.2 Å². The smallest absolute Gasteiger partial charge is 0.255 e. The number of aliphatic hydroxyl groups is 1. The molecule has 0 unspecified atom stereocenters. The minimum absolute atomic E-state index is 0.139. The number of halogens is 1. The van der Waals surface area contributed by atoms with E-state index in [0.717, 1.165) is 5.39 Å². The average molecular weight is 484 g/mol. The lowest BCUT2D eigenvalue weighted by molar-refractivity contribution is -0.00177. The Morgan fingerprint density at radius 3 is 2.64 bits per heavy atom. The topological polar surface area (TPSA) is 140 Å². The number of aromatic nitrogens is 3. The van der Waals surface area contributed by atoms with Crippen molar-refractivity contribution in [2.75, 3.05) is 11.9 Å². The molecule has 36 heavy (non-hydrogen) atoms. The number of anilines is 2. The van der Waals surface area contributed by atoms with Crippen LogP contribution in [0, 0.1) is 22.7 Å². The van der Waals surface area contributed by atoms with Crippen molar-refractivity contribution in [2.24, 2.45) is 0 Å². The number of carbonyl (C=O) groups is 1. The number of nitrogens with zero attached hydrogens (tertiary/aromatic N) is 5. The molecule has 1 amide bonds. The second kappa shape index (κ2) is 9.82. The molecule has 10 heteroatoms. The Hall–Kier alpha value is -4.80. The maximum atomic E-state index is 14.2. The lowest BCUT2D eigenvalue weighted by Crippen LogP contribution is -2.42. The lowest BCUT2D eigenvalue weighted by Gasteiger charge is -2.22. The average Bonchev–Trinajstić information content (AvgIpc) is 3.29. The molecule has 0 saturated carbocycles. The lowest BCUT2D eigenvalue weighted by atomic mass is 10.0. The van der Waals surface area contributed by atoms with Crippen LogP contribution in [-0.2, 0) is 0 Å². The van der Waals surface area contributed by atoms with Gasteiger partial charge in [-0.05, 0) is 44.2 Å². The molecular formula is C26H22FN7O2. The molecule has 0 spiro atoms. The Morgan fingerprint density at radius 1 is 1.14 bits per heavy atom. The van der Waals surface area contributed by atoms with E-state index in [-0.39, 0.29) is 12.1 Å². The molecule has 3 N–H and O–H groups in total. The van der Waals surface area contributed by atoms with Crippen molar-refractivity contribution in [3.63, 3.8) is 0 Å². The molecule has 0 aliphatic carbocycles. The molecule has 1 atom stereocenters. The van der Waals surface area contributed by atoms with Crippen LogP contribution in [0.2, 0.25) is 0 Å². The molecule has 0 radical (unpaired) electrons. The van der Waals surface area contributed by atoms with E-state index in [9.17, 15) is 19.6 Å². The van der Waals surface area contributed by atoms with E-state index in [1.807, 2.05) is 0 Å². The number of benzene rings is 1. The summed E-state index contributed by atoms with van der Waals surface area (Å²) in [6.45, 7) is 2.26. The summed E-state index contributed by atoms with van der Waals surface area (Å²) in [6.07, 6.45) is 2.89. The number of pyridine rings is 2. The van der Waals surface area contributed by atoms with Gasteiger partial charge in [-0.1, -0.05) is 6.07 Å². The van der Waals surface area contributed by atoms with Crippen molar-refractivity contribution >= 4 is 28.3 Å². The number of hydrogen-bond donors (Lipinski definition) is 3. The van der Waals surface area contributed by atoms with Crippen molar-refractivity contribution in [1.82, 2.24) is 19.9 Å². The van der Waals surface area contributed by atoms with Crippen molar-refractivity contribution in [2.45, 2.75) is 25.6 Å². The normalized spacial score (nSPS) is 11.9. The number of nitrogens with one attached hydrogen (secondary N) is 2. The zero-order valence-corrected chi connectivity index (χ0v) is 19.5. The van der Waals surface area contributed by atoms with Gasteiger partial charge in [0.25, 0.3) is 5.91 Å². The standard InChI is InChI=1S/C26H22FN7O2/c1-26(2,36)22(27)15-32-25(35)20-14-30-23(10-21(20)33-19-5-3-4-16(9-19)11-28)34-7-6-18-8-17(12-29)13-31-24(18)34/h3-10,13-14,22,36H,15H2,1-2H3,(H,30,33)(H,32,35)/t22-/m1/s1. The fourth-order valence-corrected chi connectivity index (χ4v) is 3.48. The molecule has 0 aliphatic heterocycles. The molecule has 0 saturated heterocycles. The van der Waals surface area contributed by atoms with Crippen LogP contribution in [0.4, 0.5) is 15.8 Å². The Balaban J connectivity index is 1.73. The van der Waals surface area contributed by atoms with Gasteiger partial charge in [-0.25, -0.2) is 14.4 Å². The second-order valence-electron chi connectivity index (χ2n) is 8.67. The molecule has 3 aromatic heterocycles. The van der Waals surface area contributed by atoms with E-state index in [2.05, 4.69) is 32.7 Å². The monoisotopic (exact) mass is 483 g/mol. The number of rotatable bonds is 7. The zero-order valence-electron chi connectivity index (χ0n) is 19.5. The highest BCUT2D eigenvalue weighted by Crippen LogP contribution is 2.26. The molecule has 3 heterocycles. The van der Waals surface area contributed by atoms with Gasteiger partial charge in [-0.2, -0.15) is 10.5 Å².